The summed E-state index contributed by atoms with van der Waals surface area (Å²) in [4.78, 5) is 16.5. The molecule has 10 heteroatoms. The molecule has 32 heavy (non-hydrogen) atoms. The number of anilines is 1. The molecule has 0 aliphatic heterocycles. The van der Waals surface area contributed by atoms with Gasteiger partial charge in [0, 0.05) is 33.9 Å². The molecule has 1 aliphatic rings. The van der Waals surface area contributed by atoms with Crippen LogP contribution in [0.1, 0.15) is 53.1 Å². The van der Waals surface area contributed by atoms with Gasteiger partial charge in [-0.25, -0.2) is 4.98 Å². The van der Waals surface area contributed by atoms with E-state index >= 15 is 0 Å². The molecule has 1 amide bonds. The van der Waals surface area contributed by atoms with Crippen LogP contribution in [-0.2, 0) is 6.18 Å². The molecule has 6 nitrogen and oxygen atoms in total. The number of pyridine rings is 1. The van der Waals surface area contributed by atoms with Gasteiger partial charge < -0.3 is 10.6 Å². The number of carbonyl (C=O) groups is 1. The lowest BCUT2D eigenvalue weighted by Gasteiger charge is -2.31. The number of aryl methyl sites for hydroxylation is 2. The molecule has 3 N–H and O–H groups in total. The van der Waals surface area contributed by atoms with Gasteiger partial charge in [-0.15, -0.1) is 0 Å². The number of alkyl halides is 3. The highest BCUT2D eigenvalue weighted by Crippen LogP contribution is 2.35. The van der Waals surface area contributed by atoms with Gasteiger partial charge in [0.2, 0.25) is 0 Å². The number of halogens is 4. The molecule has 4 rings (SSSR count). The lowest BCUT2D eigenvalue weighted by Crippen LogP contribution is -2.42. The van der Waals surface area contributed by atoms with Gasteiger partial charge in [0.25, 0.3) is 5.91 Å². The van der Waals surface area contributed by atoms with Gasteiger partial charge in [-0.05, 0) is 63.8 Å². The maximum atomic E-state index is 13.4. The maximum Gasteiger partial charge on any atom is 0.433 e. The van der Waals surface area contributed by atoms with E-state index in [0.717, 1.165) is 25.3 Å². The van der Waals surface area contributed by atoms with Crippen molar-refractivity contribution in [2.24, 2.45) is 0 Å². The van der Waals surface area contributed by atoms with Crippen LogP contribution in [0, 0.1) is 13.8 Å². The number of amides is 1. The zero-order chi connectivity index (χ0) is 23.0. The van der Waals surface area contributed by atoms with Gasteiger partial charge in [0.1, 0.15) is 5.69 Å². The van der Waals surface area contributed by atoms with Crippen LogP contribution in [0.5, 0.6) is 0 Å². The first-order chi connectivity index (χ1) is 15.1. The smallest absolute Gasteiger partial charge is 0.382 e. The predicted molar refractivity (Wildman–Crippen MR) is 117 cm³/mol. The molecule has 2 aromatic heterocycles. The summed E-state index contributed by atoms with van der Waals surface area (Å²) in [5.41, 5.74) is 1.46. The third-order valence-electron chi connectivity index (χ3n) is 5.79. The van der Waals surface area contributed by atoms with Crippen LogP contribution in [0.2, 0.25) is 5.02 Å². The maximum absolute atomic E-state index is 13.4. The Morgan fingerprint density at radius 3 is 2.62 bits per heavy atom. The number of benzene rings is 1. The van der Waals surface area contributed by atoms with Crippen LogP contribution in [0.4, 0.5) is 18.9 Å². The molecule has 1 aromatic carbocycles. The average Bonchev–Trinajstić information content (AvgIpc) is 3.06. The zero-order valence-electron chi connectivity index (χ0n) is 17.6. The number of nitrogens with one attached hydrogen (secondary N) is 3. The predicted octanol–water partition coefficient (Wildman–Crippen LogP) is 5.40. The summed E-state index contributed by atoms with van der Waals surface area (Å²) >= 11 is 6.08. The third kappa shape index (κ3) is 4.67. The van der Waals surface area contributed by atoms with Crippen molar-refractivity contribution in [3.05, 3.63) is 51.9 Å². The Morgan fingerprint density at radius 2 is 1.94 bits per heavy atom. The van der Waals surface area contributed by atoms with Crippen molar-refractivity contribution >= 4 is 34.1 Å². The molecule has 1 aliphatic carbocycles. The molecule has 0 bridgehead atoms. The van der Waals surface area contributed by atoms with E-state index in [1.165, 1.54) is 12.1 Å². The van der Waals surface area contributed by atoms with E-state index in [0.29, 0.717) is 39.5 Å². The summed E-state index contributed by atoms with van der Waals surface area (Å²) < 4.78 is 40.2. The molecule has 0 radical (unpaired) electrons. The fourth-order valence-electron chi connectivity index (χ4n) is 4.28. The Labute approximate surface area is 187 Å². The molecular weight excluding hydrogens is 443 g/mol. The first-order valence-electron chi connectivity index (χ1n) is 10.4. The minimum absolute atomic E-state index is 0.0961. The molecule has 0 spiro atoms. The second-order valence-electron chi connectivity index (χ2n) is 8.20. The minimum Gasteiger partial charge on any atom is -0.382 e. The molecular formula is C22H23ClF3N5O. The van der Waals surface area contributed by atoms with Crippen LogP contribution in [0.15, 0.2) is 24.3 Å². The van der Waals surface area contributed by atoms with Crippen LogP contribution in [0.3, 0.4) is 0 Å². The Hall–Kier alpha value is -2.81. The largest absolute Gasteiger partial charge is 0.433 e. The van der Waals surface area contributed by atoms with Crippen LogP contribution < -0.4 is 10.6 Å². The number of aromatic amines is 1. The van der Waals surface area contributed by atoms with E-state index < -0.39 is 11.9 Å². The number of hydrogen-bond donors (Lipinski definition) is 3. The quantitative estimate of drug-likeness (QED) is 0.481. The monoisotopic (exact) mass is 465 g/mol. The van der Waals surface area contributed by atoms with Crippen molar-refractivity contribution < 1.29 is 18.0 Å². The normalized spacial score (nSPS) is 19.2. The summed E-state index contributed by atoms with van der Waals surface area (Å²) in [6.45, 7) is 3.56. The van der Waals surface area contributed by atoms with Crippen molar-refractivity contribution in [2.75, 3.05) is 5.32 Å². The van der Waals surface area contributed by atoms with Crippen molar-refractivity contribution in [3.8, 4) is 0 Å². The highest BCUT2D eigenvalue weighted by Gasteiger charge is 2.34. The summed E-state index contributed by atoms with van der Waals surface area (Å²) in [5, 5.41) is 14.1. The molecule has 1 saturated carbocycles. The second-order valence-corrected chi connectivity index (χ2v) is 8.64. The summed E-state index contributed by atoms with van der Waals surface area (Å²) in [6.07, 6.45) is -1.55. The van der Waals surface area contributed by atoms with Crippen molar-refractivity contribution in [2.45, 2.75) is 57.8 Å². The Balaban J connectivity index is 1.55. The summed E-state index contributed by atoms with van der Waals surface area (Å²) in [6, 6.07) is 5.44. The fourth-order valence-corrected chi connectivity index (χ4v) is 4.45. The van der Waals surface area contributed by atoms with Crippen molar-refractivity contribution in [3.63, 3.8) is 0 Å². The number of hydrogen-bond acceptors (Lipinski definition) is 4. The number of nitrogens with zero attached hydrogens (tertiary/aromatic N) is 2. The number of rotatable bonds is 4. The van der Waals surface area contributed by atoms with E-state index in [9.17, 15) is 18.0 Å². The lowest BCUT2D eigenvalue weighted by atomic mass is 9.90. The van der Waals surface area contributed by atoms with Gasteiger partial charge in [-0.1, -0.05) is 11.6 Å². The van der Waals surface area contributed by atoms with Crippen molar-refractivity contribution in [1.82, 2.24) is 20.5 Å². The molecule has 1 unspecified atom stereocenters. The Kier molecular flexibility index (Phi) is 6.03. The second kappa shape index (κ2) is 8.61. The molecule has 2 heterocycles. The van der Waals surface area contributed by atoms with E-state index in [2.05, 4.69) is 25.8 Å². The first kappa shape index (κ1) is 22.4. The fraction of sp³-hybridized carbons (Fsp3) is 0.409. The van der Waals surface area contributed by atoms with E-state index in [4.69, 9.17) is 11.6 Å². The molecule has 3 aromatic rings. The summed E-state index contributed by atoms with van der Waals surface area (Å²) in [5.74, 6) is -0.195. The van der Waals surface area contributed by atoms with Gasteiger partial charge in [0.15, 0.2) is 0 Å². The topological polar surface area (TPSA) is 82.7 Å². The highest BCUT2D eigenvalue weighted by atomic mass is 35.5. The SMILES string of the molecule is Cc1n[nH]c(C)c1C(=O)NC1CCC[C@H](Nc2cc(C(F)(F)F)nc3ccc(Cl)cc23)C1. The van der Waals surface area contributed by atoms with Crippen LogP contribution in [-0.4, -0.2) is 33.2 Å². The minimum atomic E-state index is -4.56. The number of aromatic nitrogens is 3. The van der Waals surface area contributed by atoms with Gasteiger partial charge in [-0.2, -0.15) is 18.3 Å². The molecule has 1 fully saturated rings. The summed E-state index contributed by atoms with van der Waals surface area (Å²) in [7, 11) is 0. The number of carbonyl (C=O) groups excluding carboxylic acids is 1. The van der Waals surface area contributed by atoms with E-state index in [-0.39, 0.29) is 23.5 Å². The van der Waals surface area contributed by atoms with Crippen LogP contribution >= 0.6 is 11.6 Å². The standard InChI is InChI=1S/C22H23ClF3N5O/c1-11-20(12(2)31-30-11)21(32)28-15-5-3-4-14(9-15)27-18-10-19(22(24,25)26)29-17-7-6-13(23)8-16(17)18/h6-8,10,14-15H,3-5,9H2,1-2H3,(H,27,29)(H,28,32)(H,30,31)/t14-,15?/m0/s1. The lowest BCUT2D eigenvalue weighted by molar-refractivity contribution is -0.140. The highest BCUT2D eigenvalue weighted by molar-refractivity contribution is 6.31. The van der Waals surface area contributed by atoms with Crippen LogP contribution in [0.25, 0.3) is 10.9 Å². The van der Waals surface area contributed by atoms with E-state index in [1.54, 1.807) is 19.9 Å². The third-order valence-corrected chi connectivity index (χ3v) is 6.02. The first-order valence-corrected chi connectivity index (χ1v) is 10.8. The molecule has 2 atom stereocenters. The van der Waals surface area contributed by atoms with Gasteiger partial charge in [-0.3, -0.25) is 9.89 Å². The average molecular weight is 466 g/mol. The molecule has 170 valence electrons. The Bertz CT molecular complexity index is 1140. The zero-order valence-corrected chi connectivity index (χ0v) is 18.4. The number of H-pyrrole nitrogens is 1. The van der Waals surface area contributed by atoms with Gasteiger partial charge in [0.05, 0.1) is 16.8 Å². The Morgan fingerprint density at radius 1 is 1.19 bits per heavy atom. The number of fused-ring (bicyclic) bond motifs is 1. The van der Waals surface area contributed by atoms with Gasteiger partial charge >= 0.3 is 6.18 Å². The van der Waals surface area contributed by atoms with E-state index in [1.807, 2.05) is 0 Å². The van der Waals surface area contributed by atoms with Crippen molar-refractivity contribution in [1.29, 1.82) is 0 Å². The molecule has 0 saturated heterocycles.